The third-order valence-electron chi connectivity index (χ3n) is 3.72. The molecule has 2 aliphatic rings. The number of amides is 1. The average Bonchev–Trinajstić information content (AvgIpc) is 2.50. The fraction of sp³-hybridized carbons (Fsp3) is 0.286. The molecule has 1 aromatic rings. The van der Waals surface area contributed by atoms with E-state index in [1.165, 1.54) is 6.07 Å². The van der Waals surface area contributed by atoms with Gasteiger partial charge in [-0.15, -0.1) is 0 Å². The van der Waals surface area contributed by atoms with Crippen LogP contribution in [0.3, 0.4) is 0 Å². The molecule has 0 bridgehead atoms. The van der Waals surface area contributed by atoms with E-state index in [1.807, 2.05) is 0 Å². The normalized spacial score (nSPS) is 22.2. The number of likely N-dealkylation sites (N-methyl/N-ethyl adjacent to an activating group) is 1. The first-order valence-corrected chi connectivity index (χ1v) is 8.44. The molecule has 1 amide bonds. The topological polar surface area (TPSA) is 196 Å². The van der Waals surface area contributed by atoms with Gasteiger partial charge in [0.05, 0.1) is 17.1 Å². The molecule has 12 heteroatoms. The van der Waals surface area contributed by atoms with E-state index in [4.69, 9.17) is 0 Å². The summed E-state index contributed by atoms with van der Waals surface area (Å²) in [6.45, 7) is 0.251. The smallest absolute Gasteiger partial charge is 0.389 e. The van der Waals surface area contributed by atoms with Gasteiger partial charge in [-0.2, -0.15) is 4.76 Å². The number of rotatable bonds is 3. The molecule has 11 nitrogen and oxygen atoms in total. The molecule has 1 atom stereocenters. The summed E-state index contributed by atoms with van der Waals surface area (Å²) >= 11 is 0. The van der Waals surface area contributed by atoms with E-state index in [-0.39, 0.29) is 44.2 Å². The lowest BCUT2D eigenvalue weighted by Gasteiger charge is -2.37. The molecular weight excluding hydrogens is 368 g/mol. The third kappa shape index (κ3) is 3.66. The number of sulfone groups is 1. The summed E-state index contributed by atoms with van der Waals surface area (Å²) in [5.41, 5.74) is 0.0708. The molecule has 0 aliphatic carbocycles. The van der Waals surface area contributed by atoms with Crippen molar-refractivity contribution in [1.82, 2.24) is 4.90 Å². The van der Waals surface area contributed by atoms with Crippen molar-refractivity contribution in [3.05, 3.63) is 40.1 Å². The molecule has 2 aliphatic heterocycles. The Morgan fingerprint density at radius 2 is 1.81 bits per heavy atom. The first-order chi connectivity index (χ1) is 10.8. The minimum atomic E-state index is -3.87. The van der Waals surface area contributed by atoms with Crippen LogP contribution in [0.5, 0.6) is 0 Å². The second-order valence-electron chi connectivity index (χ2n) is 5.64. The maximum atomic E-state index is 12.6. The number of anilines is 1. The SMILES string of the molecule is CN(C)CC[N+]1([O-])N=CC2=C(Nc3ccccc3S2(=O)=O)C1=O.O.O.O. The molecule has 0 fully saturated rings. The van der Waals surface area contributed by atoms with E-state index >= 15 is 0 Å². The van der Waals surface area contributed by atoms with Crippen molar-refractivity contribution in [1.29, 1.82) is 0 Å². The minimum absolute atomic E-state index is 0. The lowest BCUT2D eigenvalue weighted by Crippen LogP contribution is -2.51. The Balaban J connectivity index is 0.00000208. The molecule has 0 aromatic heterocycles. The molecule has 1 unspecified atom stereocenters. The molecule has 0 saturated carbocycles. The Hall–Kier alpha value is -2.19. The fourth-order valence-corrected chi connectivity index (χ4v) is 3.91. The van der Waals surface area contributed by atoms with Crippen LogP contribution < -0.4 is 5.32 Å². The zero-order valence-corrected chi connectivity index (χ0v) is 15.0. The molecule has 3 rings (SSSR count). The van der Waals surface area contributed by atoms with Crippen molar-refractivity contribution >= 4 is 27.6 Å². The lowest BCUT2D eigenvalue weighted by atomic mass is 10.2. The van der Waals surface area contributed by atoms with Gasteiger partial charge in [0.25, 0.3) is 0 Å². The number of hydroxylamine groups is 2. The van der Waals surface area contributed by atoms with Gasteiger partial charge in [0, 0.05) is 0 Å². The Bertz CT molecular complexity index is 851. The number of nitrogens with zero attached hydrogens (tertiary/aromatic N) is 3. The maximum Gasteiger partial charge on any atom is 0.389 e. The number of carbonyl (C=O) groups excluding carboxylic acids is 1. The third-order valence-corrected chi connectivity index (χ3v) is 5.54. The molecule has 2 heterocycles. The maximum absolute atomic E-state index is 12.6. The van der Waals surface area contributed by atoms with Gasteiger partial charge in [0.15, 0.2) is 5.70 Å². The zero-order valence-electron chi connectivity index (χ0n) is 14.2. The predicted octanol–water partition coefficient (Wildman–Crippen LogP) is -1.97. The number of para-hydroxylation sites is 1. The van der Waals surface area contributed by atoms with Crippen LogP contribution in [-0.2, 0) is 14.6 Å². The first-order valence-electron chi connectivity index (χ1n) is 6.95. The molecule has 0 radical (unpaired) electrons. The van der Waals surface area contributed by atoms with Crippen LogP contribution in [0.15, 0.2) is 44.9 Å². The van der Waals surface area contributed by atoms with Gasteiger partial charge >= 0.3 is 5.91 Å². The highest BCUT2D eigenvalue weighted by Crippen LogP contribution is 2.36. The summed E-state index contributed by atoms with van der Waals surface area (Å²) < 4.78 is 23.7. The van der Waals surface area contributed by atoms with Gasteiger partial charge in [-0.25, -0.2) is 13.2 Å². The predicted molar refractivity (Wildman–Crippen MR) is 95.7 cm³/mol. The van der Waals surface area contributed by atoms with Crippen LogP contribution in [-0.4, -0.2) is 73.8 Å². The van der Waals surface area contributed by atoms with Crippen LogP contribution in [0.25, 0.3) is 0 Å². The summed E-state index contributed by atoms with van der Waals surface area (Å²) in [5, 5.41) is 19.1. The molecule has 1 aromatic carbocycles. The number of nitrogens with one attached hydrogen (secondary N) is 1. The van der Waals surface area contributed by atoms with Crippen LogP contribution in [0.1, 0.15) is 0 Å². The van der Waals surface area contributed by atoms with Crippen molar-refractivity contribution in [3.63, 3.8) is 0 Å². The molecule has 26 heavy (non-hydrogen) atoms. The average molecular weight is 390 g/mol. The number of benzene rings is 1. The number of hydrogen-bond donors (Lipinski definition) is 1. The van der Waals surface area contributed by atoms with Gasteiger partial charge < -0.3 is 31.9 Å². The molecule has 146 valence electrons. The van der Waals surface area contributed by atoms with Crippen molar-refractivity contribution in [2.24, 2.45) is 5.10 Å². The number of hydrogen-bond acceptors (Lipinski definition) is 7. The second-order valence-corrected chi connectivity index (χ2v) is 7.53. The highest BCUT2D eigenvalue weighted by Gasteiger charge is 2.44. The van der Waals surface area contributed by atoms with E-state index in [0.717, 1.165) is 6.21 Å². The monoisotopic (exact) mass is 390 g/mol. The Morgan fingerprint density at radius 3 is 2.42 bits per heavy atom. The highest BCUT2D eigenvalue weighted by atomic mass is 32.2. The largest absolute Gasteiger partial charge is 0.597 e. The van der Waals surface area contributed by atoms with Crippen LogP contribution in [0.4, 0.5) is 5.69 Å². The zero-order chi connectivity index (χ0) is 16.8. The van der Waals surface area contributed by atoms with Crippen molar-refractivity contribution in [3.8, 4) is 0 Å². The summed E-state index contributed by atoms with van der Waals surface area (Å²) in [6.07, 6.45) is 0.984. The molecule has 7 N–H and O–H groups in total. The van der Waals surface area contributed by atoms with E-state index in [0.29, 0.717) is 6.54 Å². The molecular formula is C14H22N4O7S. The summed E-state index contributed by atoms with van der Waals surface area (Å²) in [4.78, 5) is 14.1. The molecule has 0 saturated heterocycles. The summed E-state index contributed by atoms with van der Waals surface area (Å²) in [5.74, 6) is -0.901. The summed E-state index contributed by atoms with van der Waals surface area (Å²) in [6, 6.07) is 6.24. The van der Waals surface area contributed by atoms with Gasteiger partial charge in [0.2, 0.25) is 9.84 Å². The minimum Gasteiger partial charge on any atom is -0.597 e. The first kappa shape index (κ1) is 23.8. The number of fused-ring (bicyclic) bond motifs is 1. The molecule has 0 spiro atoms. The van der Waals surface area contributed by atoms with Crippen LogP contribution in [0, 0.1) is 5.21 Å². The highest BCUT2D eigenvalue weighted by molar-refractivity contribution is 7.96. The Morgan fingerprint density at radius 1 is 1.19 bits per heavy atom. The number of allylic oxidation sites excluding steroid dienone is 1. The van der Waals surface area contributed by atoms with Crippen LogP contribution in [0.2, 0.25) is 0 Å². The lowest BCUT2D eigenvalue weighted by molar-refractivity contribution is -0.808. The number of carbonyl (C=O) groups is 1. The van der Waals surface area contributed by atoms with Crippen molar-refractivity contribution < 1.29 is 34.4 Å². The van der Waals surface area contributed by atoms with E-state index in [9.17, 15) is 18.4 Å². The van der Waals surface area contributed by atoms with Gasteiger partial charge in [0.1, 0.15) is 17.7 Å². The van der Waals surface area contributed by atoms with Crippen LogP contribution >= 0.6 is 0 Å². The quantitative estimate of drug-likeness (QED) is 0.458. The Labute approximate surface area is 150 Å². The van der Waals surface area contributed by atoms with E-state index < -0.39 is 20.5 Å². The fourth-order valence-electron chi connectivity index (χ4n) is 2.41. The van der Waals surface area contributed by atoms with Crippen molar-refractivity contribution in [2.75, 3.05) is 32.5 Å². The van der Waals surface area contributed by atoms with E-state index in [2.05, 4.69) is 10.4 Å². The van der Waals surface area contributed by atoms with Gasteiger partial charge in [-0.05, 0) is 26.2 Å². The van der Waals surface area contributed by atoms with Crippen molar-refractivity contribution in [2.45, 2.75) is 4.90 Å². The standard InChI is InChI=1S/C14H16N4O4S.3H2O/c1-17(2)7-8-18(20)14(19)13-12(9-15-18)23(21,22)11-6-4-3-5-10(11)16-13;;;/h3-6,9,16H,7-8H2,1-2H3;3*1H2. The van der Waals surface area contributed by atoms with Gasteiger partial charge in [-0.1, -0.05) is 17.2 Å². The van der Waals surface area contributed by atoms with Gasteiger partial charge in [-0.3, -0.25) is 0 Å². The number of quaternary nitrogens is 1. The van der Waals surface area contributed by atoms with E-state index in [1.54, 1.807) is 37.2 Å². The Kier molecular flexibility index (Phi) is 7.33. The second kappa shape index (κ2) is 8.01. The summed E-state index contributed by atoms with van der Waals surface area (Å²) in [7, 11) is -0.325.